The highest BCUT2D eigenvalue weighted by molar-refractivity contribution is 6.39. The number of carbonyl (C=O) groups excluding carboxylic acids is 2. The minimum absolute atomic E-state index is 0.0940. The van der Waals surface area contributed by atoms with Gasteiger partial charge in [-0.1, -0.05) is 204 Å². The summed E-state index contributed by atoms with van der Waals surface area (Å²) in [7, 11) is 0. The topological polar surface area (TPSA) is 66.4 Å². The molecular formula is C75H58N4O2. The van der Waals surface area contributed by atoms with E-state index in [-0.39, 0.29) is 29.0 Å². The second-order valence-corrected chi connectivity index (χ2v) is 21.7. The van der Waals surface area contributed by atoms with Crippen LogP contribution in [0.15, 0.2) is 260 Å². The zero-order chi connectivity index (χ0) is 55.3. The van der Waals surface area contributed by atoms with Crippen LogP contribution in [0.3, 0.4) is 0 Å². The third-order valence-corrected chi connectivity index (χ3v) is 15.7. The molecule has 0 spiro atoms. The van der Waals surface area contributed by atoms with E-state index in [1.54, 1.807) is 18.2 Å². The lowest BCUT2D eigenvalue weighted by Crippen LogP contribution is -2.25. The Morgan fingerprint density at radius 2 is 0.691 bits per heavy atom. The number of Topliss-reactive ketones (excluding diaryl/α,β-unsaturated/α-hetero) is 2. The second kappa shape index (κ2) is 21.0. The van der Waals surface area contributed by atoms with Crippen LogP contribution in [0.1, 0.15) is 76.9 Å². The van der Waals surface area contributed by atoms with E-state index < -0.39 is 0 Å². The number of aromatic nitrogens is 2. The number of carbonyl (C=O) groups is 2. The Labute approximate surface area is 473 Å². The van der Waals surface area contributed by atoms with Crippen molar-refractivity contribution in [1.82, 2.24) is 9.97 Å². The molecule has 0 unspecified atom stereocenters. The van der Waals surface area contributed by atoms with Gasteiger partial charge in [0.2, 0.25) is 0 Å². The van der Waals surface area contributed by atoms with Crippen molar-refractivity contribution in [3.63, 3.8) is 0 Å². The predicted octanol–water partition coefficient (Wildman–Crippen LogP) is 19.3. The number of rotatable bonds is 11. The fourth-order valence-corrected chi connectivity index (χ4v) is 11.8. The molecule has 13 rings (SSSR count). The summed E-state index contributed by atoms with van der Waals surface area (Å²) in [6.07, 6.45) is 3.70. The molecule has 2 aliphatic rings. The van der Waals surface area contributed by atoms with Crippen LogP contribution in [-0.2, 0) is 0 Å². The number of anilines is 4. The maximum Gasteiger partial charge on any atom is 0.197 e. The van der Waals surface area contributed by atoms with Gasteiger partial charge in [0.1, 0.15) is 5.82 Å². The summed E-state index contributed by atoms with van der Waals surface area (Å²) in [5, 5.41) is 0. The molecule has 390 valence electrons. The van der Waals surface area contributed by atoms with Gasteiger partial charge in [0.15, 0.2) is 23.2 Å². The Balaban J connectivity index is 1.20. The van der Waals surface area contributed by atoms with Crippen molar-refractivity contribution in [2.45, 2.75) is 46.5 Å². The van der Waals surface area contributed by atoms with Gasteiger partial charge < -0.3 is 0 Å². The monoisotopic (exact) mass is 1050 g/mol. The number of benzene rings is 10. The van der Waals surface area contributed by atoms with Crippen molar-refractivity contribution in [3.05, 3.63) is 288 Å². The number of nitrogens with zero attached hydrogens (tertiary/aromatic N) is 4. The van der Waals surface area contributed by atoms with E-state index in [2.05, 4.69) is 232 Å². The first-order chi connectivity index (χ1) is 39.6. The van der Waals surface area contributed by atoms with Gasteiger partial charge >= 0.3 is 0 Å². The largest absolute Gasteiger partial charge is 0.288 e. The molecule has 0 amide bonds. The van der Waals surface area contributed by atoms with E-state index in [4.69, 9.17) is 9.97 Å². The van der Waals surface area contributed by atoms with Gasteiger partial charge in [-0.25, -0.2) is 9.97 Å². The third-order valence-electron chi connectivity index (χ3n) is 15.7. The van der Waals surface area contributed by atoms with Crippen LogP contribution in [-0.4, -0.2) is 21.5 Å². The molecule has 6 heteroatoms. The van der Waals surface area contributed by atoms with Gasteiger partial charge in [-0.05, 0) is 164 Å². The highest BCUT2D eigenvalue weighted by Crippen LogP contribution is 2.56. The van der Waals surface area contributed by atoms with E-state index in [0.717, 1.165) is 106 Å². The predicted molar refractivity (Wildman–Crippen MR) is 334 cm³/mol. The van der Waals surface area contributed by atoms with Crippen molar-refractivity contribution in [3.8, 4) is 66.8 Å². The highest BCUT2D eigenvalue weighted by Gasteiger charge is 2.42. The summed E-state index contributed by atoms with van der Waals surface area (Å²) < 4.78 is 0. The summed E-state index contributed by atoms with van der Waals surface area (Å²) in [5.74, 6) is 1.48. The summed E-state index contributed by atoms with van der Waals surface area (Å²) in [6, 6.07) is 82.4. The zero-order valence-electron chi connectivity index (χ0n) is 45.9. The number of allylic oxidation sites excluding steroid dienone is 3. The van der Waals surface area contributed by atoms with Crippen LogP contribution in [0.5, 0.6) is 0 Å². The van der Waals surface area contributed by atoms with E-state index >= 15 is 0 Å². The van der Waals surface area contributed by atoms with Crippen LogP contribution >= 0.6 is 0 Å². The molecule has 0 N–H and O–H groups in total. The second-order valence-electron chi connectivity index (χ2n) is 21.7. The molecule has 1 aliphatic heterocycles. The molecule has 0 radical (unpaired) electrons. The zero-order valence-corrected chi connectivity index (χ0v) is 45.9. The summed E-state index contributed by atoms with van der Waals surface area (Å²) in [6.45, 7) is 11.1. The number of aryl methyl sites for hydroxylation is 1. The van der Waals surface area contributed by atoms with Crippen molar-refractivity contribution in [2.75, 3.05) is 9.80 Å². The lowest BCUT2D eigenvalue weighted by molar-refractivity contribution is 0.0988. The van der Waals surface area contributed by atoms with E-state index in [1.807, 2.05) is 42.5 Å². The Morgan fingerprint density at radius 1 is 0.346 bits per heavy atom. The smallest absolute Gasteiger partial charge is 0.197 e. The highest BCUT2D eigenvalue weighted by atomic mass is 16.2. The molecule has 0 atom stereocenters. The Morgan fingerprint density at radius 3 is 1.07 bits per heavy atom. The van der Waals surface area contributed by atoms with Gasteiger partial charge in [0.05, 0.1) is 28.0 Å². The lowest BCUT2D eigenvalue weighted by Gasteiger charge is -2.32. The SMILES string of the molecule is Cc1cc(-c2cc(-c3ccccc3)cc(-c3ccccc3)c2)c(N2/C(=C/C=C3C(=O)c4ccccc4C3=O)N(c3c(C(C)C)cccc3C(C)C)c3nc4ccccc4nc32)c(-c2cc(-c3ccccc3)cc(-c3ccccc3)c2)c1. The fraction of sp³-hybridized carbons (Fsp3) is 0.0933. The molecule has 0 saturated carbocycles. The summed E-state index contributed by atoms with van der Waals surface area (Å²) in [4.78, 5) is 44.9. The van der Waals surface area contributed by atoms with Crippen LogP contribution in [0.25, 0.3) is 77.8 Å². The van der Waals surface area contributed by atoms with Gasteiger partial charge in [-0.3, -0.25) is 19.4 Å². The van der Waals surface area contributed by atoms with E-state index in [0.29, 0.717) is 28.6 Å². The molecule has 11 aromatic rings. The molecule has 0 saturated heterocycles. The van der Waals surface area contributed by atoms with Crippen molar-refractivity contribution < 1.29 is 9.59 Å². The van der Waals surface area contributed by atoms with Crippen molar-refractivity contribution in [1.29, 1.82) is 0 Å². The Hall–Kier alpha value is -10.0. The number of fused-ring (bicyclic) bond motifs is 3. The molecule has 6 nitrogen and oxygen atoms in total. The fourth-order valence-electron chi connectivity index (χ4n) is 11.8. The Bertz CT molecular complexity index is 4010. The first kappa shape index (κ1) is 50.5. The number of hydrogen-bond acceptors (Lipinski definition) is 6. The van der Waals surface area contributed by atoms with Crippen LogP contribution in [0.4, 0.5) is 23.0 Å². The molecule has 0 fully saturated rings. The molecule has 1 aromatic heterocycles. The third kappa shape index (κ3) is 9.24. The molecule has 10 aromatic carbocycles. The van der Waals surface area contributed by atoms with Crippen LogP contribution in [0.2, 0.25) is 0 Å². The van der Waals surface area contributed by atoms with Crippen molar-refractivity contribution >= 4 is 45.6 Å². The number of hydrogen-bond donors (Lipinski definition) is 0. The van der Waals surface area contributed by atoms with Gasteiger partial charge in [-0.2, -0.15) is 0 Å². The number of para-hydroxylation sites is 3. The standard InChI is InChI=1S/C75H58N4O2/c1-47(2)60-33-22-34-61(48(3)4)70(60)78-69(38-37-64-72(80)62-31-18-19-32-63(62)73(64)81)79(75-74(78)76-67-35-20-21-36-68(67)77-75)71-65(58-43-54(50-23-10-6-11-24-50)41-55(44-58)51-25-12-7-13-26-51)39-49(5)40-66(71)59-45-56(52-27-14-8-15-28-52)42-57(46-59)53-29-16-9-17-30-53/h6-48H,1-5H3/b69-38+. The Kier molecular flexibility index (Phi) is 13.1. The molecule has 2 heterocycles. The van der Waals surface area contributed by atoms with E-state index in [9.17, 15) is 9.59 Å². The maximum absolute atomic E-state index is 14.5. The maximum atomic E-state index is 14.5. The average Bonchev–Trinajstić information content (AvgIpc) is 3.82. The molecule has 81 heavy (non-hydrogen) atoms. The van der Waals surface area contributed by atoms with Crippen molar-refractivity contribution in [2.24, 2.45) is 0 Å². The first-order valence-corrected chi connectivity index (χ1v) is 27.9. The summed E-state index contributed by atoms with van der Waals surface area (Å²) >= 11 is 0. The van der Waals surface area contributed by atoms with Crippen LogP contribution < -0.4 is 9.80 Å². The lowest BCUT2D eigenvalue weighted by atomic mass is 9.87. The normalized spacial score (nSPS) is 13.5. The summed E-state index contributed by atoms with van der Waals surface area (Å²) in [5.41, 5.74) is 20.0. The minimum atomic E-state index is -0.303. The van der Waals surface area contributed by atoms with Crippen LogP contribution in [0, 0.1) is 6.92 Å². The minimum Gasteiger partial charge on any atom is -0.288 e. The van der Waals surface area contributed by atoms with Gasteiger partial charge in [0, 0.05) is 22.3 Å². The molecular weight excluding hydrogens is 989 g/mol. The van der Waals surface area contributed by atoms with Gasteiger partial charge in [0.25, 0.3) is 0 Å². The molecule has 1 aliphatic carbocycles. The first-order valence-electron chi connectivity index (χ1n) is 27.9. The number of ketones is 2. The van der Waals surface area contributed by atoms with Gasteiger partial charge in [-0.15, -0.1) is 0 Å². The molecule has 0 bridgehead atoms. The van der Waals surface area contributed by atoms with E-state index in [1.165, 1.54) is 0 Å². The average molecular weight is 1050 g/mol. The quantitative estimate of drug-likeness (QED) is 0.0950.